The molecule has 0 atom stereocenters. The highest BCUT2D eigenvalue weighted by Gasteiger charge is 1.98. The van der Waals surface area contributed by atoms with Crippen molar-refractivity contribution < 1.29 is 4.74 Å². The Hall–Kier alpha value is -1.56. The fraction of sp³-hybridized carbons (Fsp3) is 0.200. The topological polar surface area (TPSA) is 93.0 Å². The third-order valence-electron chi connectivity index (χ3n) is 1.12. The van der Waals surface area contributed by atoms with E-state index in [-0.39, 0.29) is 17.3 Å². The molecule has 0 unspecified atom stereocenters. The van der Waals surface area contributed by atoms with Gasteiger partial charge in [0.25, 0.3) is 5.56 Å². The Morgan fingerprint density at radius 3 is 3.00 bits per heavy atom. The van der Waals surface area contributed by atoms with Gasteiger partial charge in [0.05, 0.1) is 13.3 Å². The molecule has 11 heavy (non-hydrogen) atoms. The van der Waals surface area contributed by atoms with E-state index in [1.54, 1.807) is 0 Å². The van der Waals surface area contributed by atoms with Gasteiger partial charge in [-0.2, -0.15) is 0 Å². The number of anilines is 1. The molecule has 0 aliphatic carbocycles. The molecule has 0 aliphatic heterocycles. The van der Waals surface area contributed by atoms with Crippen LogP contribution in [0.2, 0.25) is 0 Å². The van der Waals surface area contributed by atoms with Crippen LogP contribution in [0.1, 0.15) is 0 Å². The number of methoxy groups -OCH3 is 1. The zero-order valence-corrected chi connectivity index (χ0v) is 5.92. The van der Waals surface area contributed by atoms with Gasteiger partial charge in [0, 0.05) is 0 Å². The van der Waals surface area contributed by atoms with Crippen LogP contribution in [-0.4, -0.2) is 17.1 Å². The van der Waals surface area contributed by atoms with Crippen molar-refractivity contribution in [1.29, 1.82) is 0 Å². The van der Waals surface area contributed by atoms with Gasteiger partial charge in [-0.25, -0.2) is 10.8 Å². The van der Waals surface area contributed by atoms with Gasteiger partial charge in [0.1, 0.15) is 0 Å². The third-order valence-corrected chi connectivity index (χ3v) is 1.12. The lowest BCUT2D eigenvalue weighted by Crippen LogP contribution is -2.17. The number of aromatic amines is 1. The minimum atomic E-state index is -0.365. The van der Waals surface area contributed by atoms with Crippen LogP contribution in [0.4, 0.5) is 5.95 Å². The number of H-pyrrole nitrogens is 1. The Kier molecular flexibility index (Phi) is 2.07. The lowest BCUT2D eigenvalue weighted by molar-refractivity contribution is 0.406. The van der Waals surface area contributed by atoms with Crippen molar-refractivity contribution in [3.05, 3.63) is 16.6 Å². The largest absolute Gasteiger partial charge is 0.490 e. The van der Waals surface area contributed by atoms with Crippen LogP contribution in [0.15, 0.2) is 11.0 Å². The zero-order chi connectivity index (χ0) is 8.27. The summed E-state index contributed by atoms with van der Waals surface area (Å²) in [5, 5.41) is 0. The summed E-state index contributed by atoms with van der Waals surface area (Å²) in [6.07, 6.45) is 1.29. The minimum Gasteiger partial charge on any atom is -0.490 e. The van der Waals surface area contributed by atoms with E-state index >= 15 is 0 Å². The maximum atomic E-state index is 10.9. The van der Waals surface area contributed by atoms with Crippen LogP contribution in [0.25, 0.3) is 0 Å². The summed E-state index contributed by atoms with van der Waals surface area (Å²) in [5.41, 5.74) is 1.83. The number of nitrogens with one attached hydrogen (secondary N) is 2. The van der Waals surface area contributed by atoms with Crippen LogP contribution in [0.3, 0.4) is 0 Å². The maximum absolute atomic E-state index is 10.9. The van der Waals surface area contributed by atoms with Crippen LogP contribution >= 0.6 is 0 Å². The summed E-state index contributed by atoms with van der Waals surface area (Å²) in [4.78, 5) is 17.0. The predicted octanol–water partition coefficient (Wildman–Crippen LogP) is -0.936. The quantitative estimate of drug-likeness (QED) is 0.379. The molecule has 1 aromatic rings. The number of nitrogens with two attached hydrogens (primary N) is 1. The smallest absolute Gasteiger partial charge is 0.294 e. The minimum absolute atomic E-state index is 0.156. The molecular formula is C5H8N4O2. The van der Waals surface area contributed by atoms with E-state index in [9.17, 15) is 4.79 Å². The monoisotopic (exact) mass is 156 g/mol. The number of nitrogen functional groups attached to an aromatic ring is 1. The van der Waals surface area contributed by atoms with Gasteiger partial charge in [-0.05, 0) is 0 Å². The van der Waals surface area contributed by atoms with E-state index in [4.69, 9.17) is 5.84 Å². The highest BCUT2D eigenvalue weighted by molar-refractivity contribution is 5.24. The van der Waals surface area contributed by atoms with Crippen molar-refractivity contribution >= 4 is 5.95 Å². The summed E-state index contributed by atoms with van der Waals surface area (Å²) < 4.78 is 4.67. The standard InChI is InChI=1S/C5H8N4O2/c1-11-3-2-7-5(9-6)8-4(3)10/h2H,6H2,1H3,(H2,7,8,9,10). The van der Waals surface area contributed by atoms with E-state index in [0.717, 1.165) is 0 Å². The Balaban J connectivity index is 3.10. The molecule has 1 rings (SSSR count). The average molecular weight is 156 g/mol. The first-order valence-corrected chi connectivity index (χ1v) is 2.88. The highest BCUT2D eigenvalue weighted by atomic mass is 16.5. The second-order valence-electron chi connectivity index (χ2n) is 1.77. The fourth-order valence-corrected chi connectivity index (χ4v) is 0.602. The first-order valence-electron chi connectivity index (χ1n) is 2.88. The van der Waals surface area contributed by atoms with Crippen molar-refractivity contribution in [2.45, 2.75) is 0 Å². The highest BCUT2D eigenvalue weighted by Crippen LogP contribution is 1.98. The van der Waals surface area contributed by atoms with Gasteiger partial charge in [-0.3, -0.25) is 15.2 Å². The van der Waals surface area contributed by atoms with Crippen LogP contribution in [0.5, 0.6) is 5.75 Å². The van der Waals surface area contributed by atoms with Crippen molar-refractivity contribution in [3.8, 4) is 5.75 Å². The number of ether oxygens (including phenoxy) is 1. The Morgan fingerprint density at radius 1 is 1.82 bits per heavy atom. The summed E-state index contributed by atoms with van der Waals surface area (Å²) in [6.45, 7) is 0. The average Bonchev–Trinajstić information content (AvgIpc) is 2.04. The molecule has 0 aromatic carbocycles. The van der Waals surface area contributed by atoms with E-state index < -0.39 is 0 Å². The Morgan fingerprint density at radius 2 is 2.55 bits per heavy atom. The van der Waals surface area contributed by atoms with E-state index in [0.29, 0.717) is 0 Å². The fourth-order valence-electron chi connectivity index (χ4n) is 0.602. The molecule has 0 saturated carbocycles. The second kappa shape index (κ2) is 3.02. The summed E-state index contributed by atoms with van der Waals surface area (Å²) in [6, 6.07) is 0. The van der Waals surface area contributed by atoms with E-state index in [1.807, 2.05) is 0 Å². The number of rotatable bonds is 2. The molecule has 0 saturated heterocycles. The van der Waals surface area contributed by atoms with E-state index in [1.165, 1.54) is 13.3 Å². The van der Waals surface area contributed by atoms with Crippen molar-refractivity contribution in [1.82, 2.24) is 9.97 Å². The first-order chi connectivity index (χ1) is 5.27. The van der Waals surface area contributed by atoms with Crippen molar-refractivity contribution in [2.75, 3.05) is 12.5 Å². The summed E-state index contributed by atoms with van der Waals surface area (Å²) >= 11 is 0. The molecule has 0 radical (unpaired) electrons. The Bertz CT molecular complexity index is 295. The first kappa shape index (κ1) is 7.55. The van der Waals surface area contributed by atoms with Gasteiger partial charge in [-0.15, -0.1) is 0 Å². The number of nitrogens with zero attached hydrogens (tertiary/aromatic N) is 1. The molecule has 4 N–H and O–H groups in total. The molecule has 6 heteroatoms. The second-order valence-corrected chi connectivity index (χ2v) is 1.77. The number of hydrogen-bond donors (Lipinski definition) is 3. The van der Waals surface area contributed by atoms with Gasteiger partial charge in [-0.1, -0.05) is 0 Å². The SMILES string of the molecule is COc1cnc(NN)[nH]c1=O. The number of aromatic nitrogens is 2. The third kappa shape index (κ3) is 1.47. The van der Waals surface area contributed by atoms with E-state index in [2.05, 4.69) is 20.1 Å². The normalized spacial score (nSPS) is 9.27. The van der Waals surface area contributed by atoms with Gasteiger partial charge < -0.3 is 4.74 Å². The molecule has 1 heterocycles. The molecule has 6 nitrogen and oxygen atoms in total. The van der Waals surface area contributed by atoms with Crippen molar-refractivity contribution in [2.24, 2.45) is 5.84 Å². The van der Waals surface area contributed by atoms with Gasteiger partial charge in [0.2, 0.25) is 11.7 Å². The van der Waals surface area contributed by atoms with Gasteiger partial charge in [0.15, 0.2) is 0 Å². The Labute approximate surface area is 62.4 Å². The molecule has 60 valence electrons. The van der Waals surface area contributed by atoms with Crippen LogP contribution in [0, 0.1) is 0 Å². The number of hydrogen-bond acceptors (Lipinski definition) is 5. The van der Waals surface area contributed by atoms with Crippen LogP contribution in [-0.2, 0) is 0 Å². The molecule has 0 amide bonds. The molecule has 0 spiro atoms. The van der Waals surface area contributed by atoms with Crippen molar-refractivity contribution in [3.63, 3.8) is 0 Å². The zero-order valence-electron chi connectivity index (χ0n) is 5.92. The molecule has 1 aromatic heterocycles. The molecular weight excluding hydrogens is 148 g/mol. The predicted molar refractivity (Wildman–Crippen MR) is 39.2 cm³/mol. The number of hydrazine groups is 1. The maximum Gasteiger partial charge on any atom is 0.294 e. The molecule has 0 aliphatic rings. The molecule has 0 bridgehead atoms. The lowest BCUT2D eigenvalue weighted by Gasteiger charge is -1.99. The summed E-state index contributed by atoms with van der Waals surface area (Å²) in [7, 11) is 1.39. The van der Waals surface area contributed by atoms with Crippen LogP contribution < -0.4 is 21.6 Å². The van der Waals surface area contributed by atoms with Gasteiger partial charge >= 0.3 is 0 Å². The molecule has 0 fully saturated rings. The lowest BCUT2D eigenvalue weighted by atomic mass is 10.6. The summed E-state index contributed by atoms with van der Waals surface area (Å²) in [5.74, 6) is 5.35.